The van der Waals surface area contributed by atoms with Crippen LogP contribution in [0.15, 0.2) is 39.0 Å². The van der Waals surface area contributed by atoms with Gasteiger partial charge < -0.3 is 4.74 Å². The fourth-order valence-electron chi connectivity index (χ4n) is 1.42. The number of nitrogens with zero attached hydrogens (tertiary/aromatic N) is 1. The molecule has 1 aromatic carbocycles. The van der Waals surface area contributed by atoms with Crippen LogP contribution < -0.4 is 0 Å². The number of aromatic nitrogens is 1. The highest BCUT2D eigenvalue weighted by molar-refractivity contribution is 9.10. The Hall–Kier alpha value is -0.850. The second kappa shape index (κ2) is 7.07. The van der Waals surface area contributed by atoms with Crippen LogP contribution in [0.3, 0.4) is 0 Å². The van der Waals surface area contributed by atoms with Crippen molar-refractivity contribution in [3.63, 3.8) is 0 Å². The number of rotatable bonds is 5. The van der Waals surface area contributed by atoms with E-state index in [-0.39, 0.29) is 12.4 Å². The fourth-order valence-corrected chi connectivity index (χ4v) is 3.80. The van der Waals surface area contributed by atoms with E-state index in [1.54, 1.807) is 23.1 Å². The van der Waals surface area contributed by atoms with Crippen molar-refractivity contribution in [3.05, 3.63) is 44.8 Å². The van der Waals surface area contributed by atoms with Gasteiger partial charge in [-0.3, -0.25) is 4.79 Å². The molecular weight excluding hydrogens is 346 g/mol. The minimum Gasteiger partial charge on any atom is -0.469 e. The first-order valence-corrected chi connectivity index (χ1v) is 8.22. The Balaban J connectivity index is 1.94. The molecule has 0 amide bonds. The van der Waals surface area contributed by atoms with Gasteiger partial charge in [0.05, 0.1) is 25.0 Å². The third kappa shape index (κ3) is 4.33. The third-order valence-corrected chi connectivity index (χ3v) is 5.46. The van der Waals surface area contributed by atoms with E-state index < -0.39 is 0 Å². The standard InChI is InChI=1S/C13H12BrNO2S2/c1-17-13(16)6-9-7-19-12(15-9)8-18-11-5-3-2-4-10(11)14/h2-5,7H,6,8H2,1H3. The maximum absolute atomic E-state index is 11.1. The third-order valence-electron chi connectivity index (χ3n) is 2.34. The highest BCUT2D eigenvalue weighted by atomic mass is 79.9. The summed E-state index contributed by atoms with van der Waals surface area (Å²) < 4.78 is 5.71. The number of carbonyl (C=O) groups excluding carboxylic acids is 1. The van der Waals surface area contributed by atoms with Crippen molar-refractivity contribution in [3.8, 4) is 0 Å². The van der Waals surface area contributed by atoms with Crippen LogP contribution in [0, 0.1) is 0 Å². The lowest BCUT2D eigenvalue weighted by Gasteiger charge is -2.01. The zero-order valence-electron chi connectivity index (χ0n) is 10.3. The quantitative estimate of drug-likeness (QED) is 0.600. The average molecular weight is 358 g/mol. The van der Waals surface area contributed by atoms with Crippen molar-refractivity contribution in [2.24, 2.45) is 0 Å². The first kappa shape index (κ1) is 14.6. The molecule has 0 spiro atoms. The Bertz CT molecular complexity index is 571. The minimum absolute atomic E-state index is 0.243. The molecule has 0 saturated carbocycles. The highest BCUT2D eigenvalue weighted by Gasteiger charge is 2.08. The van der Waals surface area contributed by atoms with Gasteiger partial charge >= 0.3 is 5.97 Å². The van der Waals surface area contributed by atoms with E-state index in [4.69, 9.17) is 0 Å². The molecule has 1 heterocycles. The number of thiazole rings is 1. The number of benzene rings is 1. The molecule has 0 aliphatic heterocycles. The molecule has 100 valence electrons. The van der Waals surface area contributed by atoms with E-state index in [0.29, 0.717) is 0 Å². The maximum Gasteiger partial charge on any atom is 0.311 e. The number of hydrogen-bond acceptors (Lipinski definition) is 5. The van der Waals surface area contributed by atoms with E-state index in [1.807, 2.05) is 23.6 Å². The first-order chi connectivity index (χ1) is 9.19. The van der Waals surface area contributed by atoms with E-state index in [2.05, 4.69) is 31.7 Å². The van der Waals surface area contributed by atoms with E-state index >= 15 is 0 Å². The van der Waals surface area contributed by atoms with Gasteiger partial charge in [-0.2, -0.15) is 0 Å². The summed E-state index contributed by atoms with van der Waals surface area (Å²) in [5.74, 6) is 0.546. The van der Waals surface area contributed by atoms with Gasteiger partial charge in [0.2, 0.25) is 0 Å². The predicted octanol–water partition coefficient (Wildman–Crippen LogP) is 3.91. The van der Waals surface area contributed by atoms with Crippen LogP contribution >= 0.6 is 39.0 Å². The molecule has 0 saturated heterocycles. The molecule has 0 N–H and O–H groups in total. The number of ether oxygens (including phenoxy) is 1. The van der Waals surface area contributed by atoms with Crippen molar-refractivity contribution in [1.82, 2.24) is 4.98 Å². The number of carbonyl (C=O) groups is 1. The van der Waals surface area contributed by atoms with Gasteiger partial charge in [-0.05, 0) is 28.1 Å². The Labute approximate surface area is 128 Å². The van der Waals surface area contributed by atoms with Crippen molar-refractivity contribution in [2.45, 2.75) is 17.1 Å². The molecule has 0 aliphatic rings. The summed E-state index contributed by atoms with van der Waals surface area (Å²) in [6, 6.07) is 8.09. The van der Waals surface area contributed by atoms with Crippen molar-refractivity contribution in [2.75, 3.05) is 7.11 Å². The number of halogens is 1. The van der Waals surface area contributed by atoms with Crippen LogP contribution in [-0.2, 0) is 21.7 Å². The average Bonchev–Trinajstić information content (AvgIpc) is 2.85. The number of esters is 1. The first-order valence-electron chi connectivity index (χ1n) is 5.56. The lowest BCUT2D eigenvalue weighted by Crippen LogP contribution is -2.04. The van der Waals surface area contributed by atoms with Gasteiger partial charge in [0, 0.05) is 14.7 Å². The van der Waals surface area contributed by atoms with Gasteiger partial charge in [-0.25, -0.2) is 4.98 Å². The molecule has 19 heavy (non-hydrogen) atoms. The van der Waals surface area contributed by atoms with Gasteiger partial charge in [0.15, 0.2) is 0 Å². The fraction of sp³-hybridized carbons (Fsp3) is 0.231. The number of hydrogen-bond donors (Lipinski definition) is 0. The van der Waals surface area contributed by atoms with Crippen molar-refractivity contribution < 1.29 is 9.53 Å². The number of thioether (sulfide) groups is 1. The van der Waals surface area contributed by atoms with Crippen LogP contribution in [0.2, 0.25) is 0 Å². The molecule has 0 atom stereocenters. The van der Waals surface area contributed by atoms with Crippen LogP contribution in [0.25, 0.3) is 0 Å². The molecule has 0 bridgehead atoms. The molecule has 2 aromatic rings. The topological polar surface area (TPSA) is 39.2 Å². The Morgan fingerprint density at radius 2 is 2.26 bits per heavy atom. The van der Waals surface area contributed by atoms with Gasteiger partial charge in [-0.15, -0.1) is 23.1 Å². The molecule has 6 heteroatoms. The van der Waals surface area contributed by atoms with Gasteiger partial charge in [-0.1, -0.05) is 12.1 Å². The summed E-state index contributed by atoms with van der Waals surface area (Å²) in [4.78, 5) is 16.8. The van der Waals surface area contributed by atoms with Crippen LogP contribution in [0.1, 0.15) is 10.7 Å². The second-order valence-corrected chi connectivity index (χ2v) is 6.52. The summed E-state index contributed by atoms with van der Waals surface area (Å²) in [7, 11) is 1.39. The zero-order chi connectivity index (χ0) is 13.7. The van der Waals surface area contributed by atoms with Crippen LogP contribution in [0.5, 0.6) is 0 Å². The van der Waals surface area contributed by atoms with Crippen molar-refractivity contribution in [1.29, 1.82) is 0 Å². The summed E-state index contributed by atoms with van der Waals surface area (Å²) in [5.41, 5.74) is 0.777. The maximum atomic E-state index is 11.1. The normalized spacial score (nSPS) is 10.4. The molecule has 1 aromatic heterocycles. The predicted molar refractivity (Wildman–Crippen MR) is 81.5 cm³/mol. The summed E-state index contributed by atoms with van der Waals surface area (Å²) in [6.45, 7) is 0. The van der Waals surface area contributed by atoms with Gasteiger partial charge in [0.1, 0.15) is 5.01 Å². The van der Waals surface area contributed by atoms with Crippen molar-refractivity contribution >= 4 is 45.0 Å². The van der Waals surface area contributed by atoms with Crippen LogP contribution in [-0.4, -0.2) is 18.1 Å². The van der Waals surface area contributed by atoms with E-state index in [1.165, 1.54) is 12.0 Å². The molecule has 0 aliphatic carbocycles. The smallest absolute Gasteiger partial charge is 0.311 e. The Morgan fingerprint density at radius 3 is 3.00 bits per heavy atom. The Morgan fingerprint density at radius 1 is 1.47 bits per heavy atom. The minimum atomic E-state index is -0.254. The van der Waals surface area contributed by atoms with Crippen LogP contribution in [0.4, 0.5) is 0 Å². The lowest BCUT2D eigenvalue weighted by atomic mass is 10.3. The summed E-state index contributed by atoms with van der Waals surface area (Å²) in [6.07, 6.45) is 0.243. The van der Waals surface area contributed by atoms with E-state index in [9.17, 15) is 4.79 Å². The molecule has 0 fully saturated rings. The SMILES string of the molecule is COC(=O)Cc1csc(CSc2ccccc2Br)n1. The summed E-state index contributed by atoms with van der Waals surface area (Å²) in [5, 5.41) is 2.92. The highest BCUT2D eigenvalue weighted by Crippen LogP contribution is 2.30. The monoisotopic (exact) mass is 357 g/mol. The lowest BCUT2D eigenvalue weighted by molar-refractivity contribution is -0.139. The molecule has 0 unspecified atom stereocenters. The zero-order valence-corrected chi connectivity index (χ0v) is 13.5. The summed E-state index contributed by atoms with van der Waals surface area (Å²) >= 11 is 6.81. The molecule has 2 rings (SSSR count). The van der Waals surface area contributed by atoms with E-state index in [0.717, 1.165) is 20.9 Å². The van der Waals surface area contributed by atoms with Gasteiger partial charge in [0.25, 0.3) is 0 Å². The largest absolute Gasteiger partial charge is 0.469 e. The second-order valence-electron chi connectivity index (χ2n) is 3.70. The molecule has 0 radical (unpaired) electrons. The molecule has 3 nitrogen and oxygen atoms in total. The molecular formula is C13H12BrNO2S2. The number of methoxy groups -OCH3 is 1. The Kier molecular flexibility index (Phi) is 5.42.